The highest BCUT2D eigenvalue weighted by Gasteiger charge is 2.42. The van der Waals surface area contributed by atoms with Crippen LogP contribution in [0.25, 0.3) is 0 Å². The van der Waals surface area contributed by atoms with Crippen LogP contribution in [0, 0.1) is 6.92 Å². The second kappa shape index (κ2) is 14.0. The first kappa shape index (κ1) is 34.9. The van der Waals surface area contributed by atoms with Gasteiger partial charge in [0.1, 0.15) is 18.4 Å². The third-order valence-corrected chi connectivity index (χ3v) is 11.5. The molecular weight excluding hydrogens is 665 g/mol. The van der Waals surface area contributed by atoms with Gasteiger partial charge in [-0.3, -0.25) is 18.9 Å². The summed E-state index contributed by atoms with van der Waals surface area (Å²) in [4.78, 5) is 78.4. The summed E-state index contributed by atoms with van der Waals surface area (Å²) in [6.07, 6.45) is -1.02. The monoisotopic (exact) mass is 691 g/mol. The molecule has 22 heteroatoms. The second-order valence-electron chi connectivity index (χ2n) is 8.65. The fraction of sp³-hybridized carbons (Fsp3) is 0.450. The van der Waals surface area contributed by atoms with E-state index in [1.165, 1.54) is 40.8 Å². The van der Waals surface area contributed by atoms with Gasteiger partial charge in [-0.05, 0) is 31.7 Å². The topological polar surface area (TPSA) is 253 Å². The number of nitrogens with one attached hydrogen (secondary N) is 1. The van der Waals surface area contributed by atoms with Crippen LogP contribution in [0.15, 0.2) is 40.1 Å². The average Bonchev–Trinajstić information content (AvgIpc) is 3.25. The number of aromatic amines is 1. The van der Waals surface area contributed by atoms with E-state index in [0.717, 1.165) is 4.57 Å². The minimum Gasteiger partial charge on any atom is -0.756 e. The van der Waals surface area contributed by atoms with E-state index in [1.54, 1.807) is 18.2 Å². The summed E-state index contributed by atoms with van der Waals surface area (Å²) in [6, 6.07) is 6.62. The summed E-state index contributed by atoms with van der Waals surface area (Å²) in [5, 5.41) is -0.119. The molecule has 1 aliphatic heterocycles. The van der Waals surface area contributed by atoms with Gasteiger partial charge in [0.05, 0.1) is 12.2 Å². The highest BCUT2D eigenvalue weighted by molar-refractivity contribution is 8.76. The molecule has 0 spiro atoms. The van der Waals surface area contributed by atoms with Gasteiger partial charge in [-0.15, -0.1) is 0 Å². The molecule has 3 unspecified atom stereocenters. The SMILES string of the molecule is CSSC(C)c1ccccc1C(=O)O[C@@H]1C[C@H](n2cc(C)c(=O)[nH]c2=O)O[C@@H]1COP(=O)([O-])OP(=O)(O)OP(=O)(O)O. The van der Waals surface area contributed by atoms with Gasteiger partial charge in [-0.2, -0.15) is 4.31 Å². The first-order valence-electron chi connectivity index (χ1n) is 11.6. The number of H-pyrrole nitrogens is 1. The normalized spacial score (nSPS) is 22.7. The number of rotatable bonds is 13. The van der Waals surface area contributed by atoms with Crippen LogP contribution in [0.3, 0.4) is 0 Å². The van der Waals surface area contributed by atoms with Crippen molar-refractivity contribution in [1.29, 1.82) is 0 Å². The molecule has 17 nitrogen and oxygen atoms in total. The predicted molar refractivity (Wildman–Crippen MR) is 147 cm³/mol. The third kappa shape index (κ3) is 9.72. The molecule has 1 fully saturated rings. The molecule has 0 saturated carbocycles. The van der Waals surface area contributed by atoms with Crippen molar-refractivity contribution in [2.75, 3.05) is 12.9 Å². The van der Waals surface area contributed by atoms with E-state index in [4.69, 9.17) is 19.3 Å². The minimum absolute atomic E-state index is 0.119. The van der Waals surface area contributed by atoms with Gasteiger partial charge < -0.3 is 33.6 Å². The van der Waals surface area contributed by atoms with Crippen molar-refractivity contribution in [3.63, 3.8) is 0 Å². The Morgan fingerprint density at radius 2 is 1.88 bits per heavy atom. The lowest BCUT2D eigenvalue weighted by molar-refractivity contribution is -0.221. The maximum absolute atomic E-state index is 13.3. The van der Waals surface area contributed by atoms with Crippen molar-refractivity contribution in [1.82, 2.24) is 9.55 Å². The molecule has 0 amide bonds. The summed E-state index contributed by atoms with van der Waals surface area (Å²) in [7, 11) is -14.3. The van der Waals surface area contributed by atoms with Gasteiger partial charge in [0.25, 0.3) is 13.4 Å². The maximum Gasteiger partial charge on any atom is 0.487 e. The minimum atomic E-state index is -5.85. The Morgan fingerprint density at radius 3 is 2.52 bits per heavy atom. The summed E-state index contributed by atoms with van der Waals surface area (Å²) >= 11 is 0. The number of carbonyl (C=O) groups excluding carboxylic acids is 1. The molecule has 42 heavy (non-hydrogen) atoms. The van der Waals surface area contributed by atoms with Gasteiger partial charge in [0.15, 0.2) is 0 Å². The van der Waals surface area contributed by atoms with Gasteiger partial charge in [-0.25, -0.2) is 23.0 Å². The number of benzene rings is 1. The van der Waals surface area contributed by atoms with Crippen LogP contribution >= 0.6 is 45.1 Å². The van der Waals surface area contributed by atoms with Crippen molar-refractivity contribution >= 4 is 51.0 Å². The molecule has 1 aliphatic rings. The number of esters is 1. The zero-order valence-corrected chi connectivity index (χ0v) is 26.3. The number of carbonyl (C=O) groups is 1. The molecule has 0 radical (unpaired) electrons. The molecule has 6 atom stereocenters. The lowest BCUT2D eigenvalue weighted by atomic mass is 10.0. The molecule has 1 saturated heterocycles. The third-order valence-electron chi connectivity index (χ3n) is 5.56. The highest BCUT2D eigenvalue weighted by atomic mass is 33.1. The molecule has 2 aromatic rings. The first-order chi connectivity index (χ1) is 19.4. The highest BCUT2D eigenvalue weighted by Crippen LogP contribution is 2.65. The van der Waals surface area contributed by atoms with E-state index in [2.05, 4.69) is 18.1 Å². The number of aryl methyl sites for hydroxylation is 1. The number of phosphoric acid groups is 3. The lowest BCUT2D eigenvalue weighted by Gasteiger charge is -2.27. The summed E-state index contributed by atoms with van der Waals surface area (Å²) in [6.45, 7) is 2.30. The smallest absolute Gasteiger partial charge is 0.487 e. The van der Waals surface area contributed by atoms with Crippen LogP contribution in [0.1, 0.15) is 46.3 Å². The Hall–Kier alpha value is -1.56. The number of aromatic nitrogens is 2. The number of nitrogens with zero attached hydrogens (tertiary/aromatic N) is 1. The number of ether oxygens (including phenoxy) is 2. The molecule has 4 N–H and O–H groups in total. The molecule has 234 valence electrons. The Kier molecular flexibility index (Phi) is 11.7. The van der Waals surface area contributed by atoms with E-state index < -0.39 is 65.7 Å². The Morgan fingerprint density at radius 1 is 1.21 bits per heavy atom. The summed E-state index contributed by atoms with van der Waals surface area (Å²) < 4.78 is 58.8. The van der Waals surface area contributed by atoms with Crippen LogP contribution < -0.4 is 16.1 Å². The predicted octanol–water partition coefficient (Wildman–Crippen LogP) is 2.14. The number of phosphoric ester groups is 1. The molecule has 0 aliphatic carbocycles. The van der Waals surface area contributed by atoms with Crippen molar-refractivity contribution in [2.24, 2.45) is 0 Å². The quantitative estimate of drug-likeness (QED) is 0.133. The van der Waals surface area contributed by atoms with Gasteiger partial charge in [0, 0.05) is 23.4 Å². The van der Waals surface area contributed by atoms with E-state index in [9.17, 15) is 37.9 Å². The van der Waals surface area contributed by atoms with Crippen LogP contribution in [-0.2, 0) is 36.3 Å². The van der Waals surface area contributed by atoms with Gasteiger partial charge in [-0.1, -0.05) is 39.8 Å². The Bertz CT molecular complexity index is 1560. The fourth-order valence-corrected chi connectivity index (χ4v) is 8.61. The summed E-state index contributed by atoms with van der Waals surface area (Å²) in [5.41, 5.74) is -0.522. The molecule has 1 aromatic heterocycles. The molecule has 1 aromatic carbocycles. The molecule has 2 heterocycles. The molecular formula is C20H26N2O15P3S2-. The van der Waals surface area contributed by atoms with E-state index >= 15 is 0 Å². The van der Waals surface area contributed by atoms with E-state index in [0.29, 0.717) is 5.56 Å². The van der Waals surface area contributed by atoms with E-state index in [1.807, 2.05) is 13.2 Å². The summed E-state index contributed by atoms with van der Waals surface area (Å²) in [5.74, 6) is -0.806. The standard InChI is InChI=1S/C20H27N2O15P3S2/c1-11-9-22(20(25)21-18(11)23)17-8-15(35-19(24)14-7-5-4-6-13(14)12(2)42-41-3)16(34-17)10-33-39(29,30)37-40(31,32)36-38(26,27)28/h4-7,9,12,15-17H,8,10H2,1-3H3,(H,29,30)(H,31,32)(H,21,23,25)(H2,26,27,28)/p-1/t12?,15-,16-,17-/m1/s1. The van der Waals surface area contributed by atoms with Crippen molar-refractivity contribution < 1.29 is 60.7 Å². The van der Waals surface area contributed by atoms with Crippen molar-refractivity contribution in [2.45, 2.75) is 44.0 Å². The second-order valence-corrected chi connectivity index (χ2v) is 15.8. The fourth-order valence-electron chi connectivity index (χ4n) is 3.84. The van der Waals surface area contributed by atoms with Gasteiger partial charge in [0.2, 0.25) is 0 Å². The average molecular weight is 691 g/mol. The Labute approximate surface area is 245 Å². The molecule has 0 bridgehead atoms. The Balaban J connectivity index is 1.86. The zero-order chi connectivity index (χ0) is 31.5. The van der Waals surface area contributed by atoms with Crippen molar-refractivity contribution in [3.05, 3.63) is 68.0 Å². The molecule has 3 rings (SSSR count). The largest absolute Gasteiger partial charge is 0.756 e. The van der Waals surface area contributed by atoms with Crippen LogP contribution in [0.4, 0.5) is 0 Å². The first-order valence-corrected chi connectivity index (χ1v) is 18.8. The number of hydrogen-bond acceptors (Lipinski definition) is 14. The van der Waals surface area contributed by atoms with Crippen LogP contribution in [-0.4, -0.2) is 55.3 Å². The number of hydrogen-bond donors (Lipinski definition) is 4. The zero-order valence-electron chi connectivity index (χ0n) is 22.0. The van der Waals surface area contributed by atoms with Crippen LogP contribution in [0.5, 0.6) is 0 Å². The lowest BCUT2D eigenvalue weighted by Crippen LogP contribution is -2.33. The van der Waals surface area contributed by atoms with Gasteiger partial charge >= 0.3 is 27.3 Å². The van der Waals surface area contributed by atoms with Crippen molar-refractivity contribution in [3.8, 4) is 0 Å². The van der Waals surface area contributed by atoms with E-state index in [-0.39, 0.29) is 22.8 Å². The maximum atomic E-state index is 13.3. The van der Waals surface area contributed by atoms with Crippen LogP contribution in [0.2, 0.25) is 0 Å².